The molecule has 0 bridgehead atoms. The molecule has 0 fully saturated rings. The highest BCUT2D eigenvalue weighted by Crippen LogP contribution is 2.32. The van der Waals surface area contributed by atoms with Gasteiger partial charge in [-0.2, -0.15) is 0 Å². The van der Waals surface area contributed by atoms with Crippen LogP contribution in [0.3, 0.4) is 0 Å². The van der Waals surface area contributed by atoms with Gasteiger partial charge in [0.05, 0.1) is 13.4 Å². The van der Waals surface area contributed by atoms with Gasteiger partial charge in [-0.15, -0.1) is 0 Å². The lowest BCUT2D eigenvalue weighted by Crippen LogP contribution is -1.98. The smallest absolute Gasteiger partial charge is 0.134 e. The van der Waals surface area contributed by atoms with Crippen LogP contribution < -0.4 is 4.74 Å². The summed E-state index contributed by atoms with van der Waals surface area (Å²) in [4.78, 5) is 0. The van der Waals surface area contributed by atoms with Crippen molar-refractivity contribution in [3.05, 3.63) is 65.4 Å². The highest BCUT2D eigenvalue weighted by Gasteiger charge is 2.17. The quantitative estimate of drug-likeness (QED) is 0.785. The number of benzene rings is 2. The topological polar surface area (TPSA) is 42.6 Å². The minimum Gasteiger partial charge on any atom is -0.497 e. The first-order chi connectivity index (χ1) is 9.69. The van der Waals surface area contributed by atoms with Crippen LogP contribution in [0, 0.1) is 6.92 Å². The SMILES string of the molecule is COc1ccc2occ([C@H](O)c3ccc(C)cc3)c2c1. The molecule has 102 valence electrons. The second kappa shape index (κ2) is 5.02. The number of furan rings is 1. The zero-order chi connectivity index (χ0) is 14.1. The van der Waals surface area contributed by atoms with E-state index in [1.54, 1.807) is 13.4 Å². The highest BCUT2D eigenvalue weighted by atomic mass is 16.5. The van der Waals surface area contributed by atoms with Gasteiger partial charge in [-0.3, -0.25) is 0 Å². The molecule has 3 heteroatoms. The molecular weight excluding hydrogens is 252 g/mol. The fraction of sp³-hybridized carbons (Fsp3) is 0.176. The molecule has 2 aromatic carbocycles. The molecule has 0 saturated carbocycles. The van der Waals surface area contributed by atoms with E-state index in [0.29, 0.717) is 0 Å². The number of rotatable bonds is 3. The largest absolute Gasteiger partial charge is 0.497 e. The summed E-state index contributed by atoms with van der Waals surface area (Å²) in [5.41, 5.74) is 3.51. The van der Waals surface area contributed by atoms with E-state index < -0.39 is 6.10 Å². The van der Waals surface area contributed by atoms with Gasteiger partial charge in [0.2, 0.25) is 0 Å². The Morgan fingerprint density at radius 2 is 1.85 bits per heavy atom. The van der Waals surface area contributed by atoms with E-state index in [0.717, 1.165) is 27.8 Å². The normalized spacial score (nSPS) is 12.6. The van der Waals surface area contributed by atoms with Gasteiger partial charge in [-0.25, -0.2) is 0 Å². The molecule has 3 aromatic rings. The molecule has 0 aliphatic carbocycles. The average Bonchev–Trinajstić information content (AvgIpc) is 2.90. The second-order valence-electron chi connectivity index (χ2n) is 4.87. The van der Waals surface area contributed by atoms with E-state index in [1.807, 2.05) is 49.4 Å². The standard InChI is InChI=1S/C17H16O3/c1-11-3-5-12(6-4-11)17(18)15-10-20-16-8-7-13(19-2)9-14(15)16/h3-10,17-18H,1-2H3/t17-/m1/s1. The zero-order valence-electron chi connectivity index (χ0n) is 11.5. The summed E-state index contributed by atoms with van der Waals surface area (Å²) in [6.45, 7) is 2.02. The number of aliphatic hydroxyl groups is 1. The minimum absolute atomic E-state index is 0.705. The summed E-state index contributed by atoms with van der Waals surface area (Å²) in [6.07, 6.45) is 0.901. The lowest BCUT2D eigenvalue weighted by molar-refractivity contribution is 0.220. The van der Waals surface area contributed by atoms with Gasteiger partial charge in [-0.1, -0.05) is 29.8 Å². The third-order valence-corrected chi connectivity index (χ3v) is 3.50. The molecule has 1 N–H and O–H groups in total. The third kappa shape index (κ3) is 2.17. The maximum Gasteiger partial charge on any atom is 0.134 e. The van der Waals surface area contributed by atoms with Gasteiger partial charge < -0.3 is 14.3 Å². The average molecular weight is 268 g/mol. The number of aryl methyl sites for hydroxylation is 1. The van der Waals surface area contributed by atoms with Crippen molar-refractivity contribution >= 4 is 11.0 Å². The van der Waals surface area contributed by atoms with Crippen molar-refractivity contribution in [1.82, 2.24) is 0 Å². The molecule has 0 aliphatic heterocycles. The predicted molar refractivity (Wildman–Crippen MR) is 78.0 cm³/mol. The van der Waals surface area contributed by atoms with E-state index in [1.165, 1.54) is 5.56 Å². The Hall–Kier alpha value is -2.26. The number of ether oxygens (including phenoxy) is 1. The summed E-state index contributed by atoms with van der Waals surface area (Å²) in [5, 5.41) is 11.4. The molecule has 20 heavy (non-hydrogen) atoms. The zero-order valence-corrected chi connectivity index (χ0v) is 11.5. The van der Waals surface area contributed by atoms with Crippen LogP contribution >= 0.6 is 0 Å². The Balaban J connectivity index is 2.06. The lowest BCUT2D eigenvalue weighted by atomic mass is 10.00. The van der Waals surface area contributed by atoms with Crippen LogP contribution in [0.2, 0.25) is 0 Å². The van der Waals surface area contributed by atoms with E-state index >= 15 is 0 Å². The Morgan fingerprint density at radius 3 is 2.55 bits per heavy atom. The number of aliphatic hydroxyl groups excluding tert-OH is 1. The lowest BCUT2D eigenvalue weighted by Gasteiger charge is -2.10. The summed E-state index contributed by atoms with van der Waals surface area (Å²) < 4.78 is 10.7. The minimum atomic E-state index is -0.705. The van der Waals surface area contributed by atoms with Gasteiger partial charge in [0.1, 0.15) is 17.4 Å². The molecule has 1 heterocycles. The molecule has 1 atom stereocenters. The van der Waals surface area contributed by atoms with Crippen LogP contribution in [0.15, 0.2) is 53.1 Å². The van der Waals surface area contributed by atoms with Gasteiger partial charge in [-0.05, 0) is 30.7 Å². The van der Waals surface area contributed by atoms with Crippen molar-refractivity contribution < 1.29 is 14.3 Å². The van der Waals surface area contributed by atoms with Crippen molar-refractivity contribution in [3.8, 4) is 5.75 Å². The van der Waals surface area contributed by atoms with Gasteiger partial charge in [0, 0.05) is 10.9 Å². The molecule has 0 unspecified atom stereocenters. The number of hydrogen-bond donors (Lipinski definition) is 1. The van der Waals surface area contributed by atoms with Gasteiger partial charge >= 0.3 is 0 Å². The molecule has 3 rings (SSSR count). The van der Waals surface area contributed by atoms with Crippen molar-refractivity contribution in [2.24, 2.45) is 0 Å². The van der Waals surface area contributed by atoms with E-state index in [-0.39, 0.29) is 0 Å². The van der Waals surface area contributed by atoms with Crippen LogP contribution in [-0.2, 0) is 0 Å². The first kappa shape index (κ1) is 12.8. The predicted octanol–water partition coefficient (Wildman–Crippen LogP) is 3.83. The number of hydrogen-bond acceptors (Lipinski definition) is 3. The third-order valence-electron chi connectivity index (χ3n) is 3.50. The molecular formula is C17H16O3. The fourth-order valence-electron chi connectivity index (χ4n) is 2.29. The summed E-state index contributed by atoms with van der Waals surface area (Å²) >= 11 is 0. The van der Waals surface area contributed by atoms with Crippen LogP contribution in [0.25, 0.3) is 11.0 Å². The molecule has 0 saturated heterocycles. The first-order valence-electron chi connectivity index (χ1n) is 6.49. The van der Waals surface area contributed by atoms with Crippen LogP contribution in [0.5, 0.6) is 5.75 Å². The van der Waals surface area contributed by atoms with Crippen LogP contribution in [0.1, 0.15) is 22.8 Å². The van der Waals surface area contributed by atoms with Crippen molar-refractivity contribution in [2.45, 2.75) is 13.0 Å². The fourth-order valence-corrected chi connectivity index (χ4v) is 2.29. The second-order valence-corrected chi connectivity index (χ2v) is 4.87. The van der Waals surface area contributed by atoms with E-state index in [2.05, 4.69) is 0 Å². The molecule has 0 amide bonds. The Labute approximate surface area is 117 Å². The van der Waals surface area contributed by atoms with Gasteiger partial charge in [0.15, 0.2) is 0 Å². The van der Waals surface area contributed by atoms with E-state index in [9.17, 15) is 5.11 Å². The van der Waals surface area contributed by atoms with Crippen LogP contribution in [0.4, 0.5) is 0 Å². The van der Waals surface area contributed by atoms with Crippen molar-refractivity contribution in [2.75, 3.05) is 7.11 Å². The summed E-state index contributed by atoms with van der Waals surface area (Å²) in [5.74, 6) is 0.747. The maximum atomic E-state index is 10.5. The van der Waals surface area contributed by atoms with Crippen LogP contribution in [-0.4, -0.2) is 12.2 Å². The summed E-state index contributed by atoms with van der Waals surface area (Å²) in [7, 11) is 1.62. The highest BCUT2D eigenvalue weighted by molar-refractivity contribution is 5.83. The first-order valence-corrected chi connectivity index (χ1v) is 6.49. The maximum absolute atomic E-state index is 10.5. The number of methoxy groups -OCH3 is 1. The number of fused-ring (bicyclic) bond motifs is 1. The Bertz CT molecular complexity index is 726. The Morgan fingerprint density at radius 1 is 1.10 bits per heavy atom. The molecule has 0 radical (unpaired) electrons. The molecule has 0 spiro atoms. The van der Waals surface area contributed by atoms with Gasteiger partial charge in [0.25, 0.3) is 0 Å². The Kier molecular flexibility index (Phi) is 3.20. The van der Waals surface area contributed by atoms with Crippen molar-refractivity contribution in [3.63, 3.8) is 0 Å². The molecule has 3 nitrogen and oxygen atoms in total. The monoisotopic (exact) mass is 268 g/mol. The molecule has 1 aromatic heterocycles. The van der Waals surface area contributed by atoms with E-state index in [4.69, 9.17) is 9.15 Å². The summed E-state index contributed by atoms with van der Waals surface area (Å²) in [6, 6.07) is 13.4. The van der Waals surface area contributed by atoms with Crippen molar-refractivity contribution in [1.29, 1.82) is 0 Å². The molecule has 0 aliphatic rings.